The molecule has 3 heterocycles. The smallest absolute Gasteiger partial charge is 0.252 e. The quantitative estimate of drug-likeness (QED) is 0.737. The van der Waals surface area contributed by atoms with Crippen molar-refractivity contribution >= 4 is 22.6 Å². The number of amides is 1. The number of hydrogen-bond acceptors (Lipinski definition) is 3. The predicted molar refractivity (Wildman–Crippen MR) is 106 cm³/mol. The number of nitrogens with one attached hydrogen (secondary N) is 2. The number of benzene rings is 1. The standard InChI is InChI=1S/C21H24N4O2/c1-4-14(5-2)25-20-17(11-22-25)15(10-19(26)24-20)16-9-13-8-12(3)6-7-18(13)23-21(16)27/h6-9,11,14-15H,4-5,10H2,1-3H3,(H,23,27)(H,24,26). The van der Waals surface area contributed by atoms with E-state index < -0.39 is 0 Å². The Bertz CT molecular complexity index is 1080. The molecule has 0 aliphatic carbocycles. The Morgan fingerprint density at radius 2 is 1.96 bits per heavy atom. The van der Waals surface area contributed by atoms with Crippen LogP contribution in [0.15, 0.2) is 35.3 Å². The van der Waals surface area contributed by atoms with E-state index in [0.29, 0.717) is 5.56 Å². The van der Waals surface area contributed by atoms with Gasteiger partial charge in [-0.1, -0.05) is 25.5 Å². The van der Waals surface area contributed by atoms with Crippen molar-refractivity contribution in [1.29, 1.82) is 0 Å². The van der Waals surface area contributed by atoms with Gasteiger partial charge in [-0.2, -0.15) is 5.10 Å². The number of aromatic nitrogens is 3. The Morgan fingerprint density at radius 1 is 1.19 bits per heavy atom. The lowest BCUT2D eigenvalue weighted by molar-refractivity contribution is -0.116. The van der Waals surface area contributed by atoms with E-state index in [4.69, 9.17) is 0 Å². The molecule has 2 N–H and O–H groups in total. The number of hydrogen-bond donors (Lipinski definition) is 2. The maximum atomic E-state index is 12.8. The maximum Gasteiger partial charge on any atom is 0.252 e. The van der Waals surface area contributed by atoms with Crippen molar-refractivity contribution in [2.75, 3.05) is 5.32 Å². The lowest BCUT2D eigenvalue weighted by Crippen LogP contribution is -2.28. The van der Waals surface area contributed by atoms with Gasteiger partial charge in [0.1, 0.15) is 5.82 Å². The Morgan fingerprint density at radius 3 is 2.70 bits per heavy atom. The number of aromatic amines is 1. The number of nitrogens with zero attached hydrogens (tertiary/aromatic N) is 2. The van der Waals surface area contributed by atoms with Gasteiger partial charge in [0.15, 0.2) is 0 Å². The van der Waals surface area contributed by atoms with E-state index in [2.05, 4.69) is 29.2 Å². The molecule has 0 spiro atoms. The zero-order valence-electron chi connectivity index (χ0n) is 15.9. The average molecular weight is 364 g/mol. The van der Waals surface area contributed by atoms with E-state index in [1.807, 2.05) is 35.9 Å². The highest BCUT2D eigenvalue weighted by Crippen LogP contribution is 2.38. The maximum absolute atomic E-state index is 12.8. The molecule has 4 rings (SSSR count). The number of pyridine rings is 1. The van der Waals surface area contributed by atoms with Crippen LogP contribution in [0.2, 0.25) is 0 Å². The van der Waals surface area contributed by atoms with Gasteiger partial charge in [0.2, 0.25) is 5.91 Å². The molecule has 6 heteroatoms. The number of carbonyl (C=O) groups excluding carboxylic acids is 1. The number of anilines is 1. The van der Waals surface area contributed by atoms with Crippen LogP contribution in [0.5, 0.6) is 0 Å². The summed E-state index contributed by atoms with van der Waals surface area (Å²) in [6.45, 7) is 6.25. The zero-order valence-corrected chi connectivity index (χ0v) is 15.9. The molecule has 1 aliphatic rings. The largest absolute Gasteiger partial charge is 0.322 e. The normalized spacial score (nSPS) is 16.6. The van der Waals surface area contributed by atoms with Crippen LogP contribution >= 0.6 is 0 Å². The molecule has 0 fully saturated rings. The Balaban J connectivity index is 1.87. The van der Waals surface area contributed by atoms with E-state index in [9.17, 15) is 9.59 Å². The first-order chi connectivity index (χ1) is 13.0. The van der Waals surface area contributed by atoms with Crippen LogP contribution in [-0.4, -0.2) is 20.7 Å². The topological polar surface area (TPSA) is 79.8 Å². The summed E-state index contributed by atoms with van der Waals surface area (Å²) in [5.74, 6) is 0.364. The van der Waals surface area contributed by atoms with Gasteiger partial charge < -0.3 is 10.3 Å². The molecule has 0 bridgehead atoms. The lowest BCUT2D eigenvalue weighted by atomic mass is 9.87. The van der Waals surface area contributed by atoms with Gasteiger partial charge in [0.05, 0.1) is 12.2 Å². The summed E-state index contributed by atoms with van der Waals surface area (Å²) in [4.78, 5) is 28.2. The minimum atomic E-state index is -0.287. The third kappa shape index (κ3) is 2.95. The second kappa shape index (κ2) is 6.68. The van der Waals surface area contributed by atoms with Crippen LogP contribution in [0, 0.1) is 6.92 Å². The van der Waals surface area contributed by atoms with Crippen LogP contribution in [-0.2, 0) is 4.79 Å². The molecule has 1 amide bonds. The van der Waals surface area contributed by atoms with Gasteiger partial charge in [-0.15, -0.1) is 0 Å². The van der Waals surface area contributed by atoms with E-state index >= 15 is 0 Å². The van der Waals surface area contributed by atoms with E-state index in [0.717, 1.165) is 40.7 Å². The van der Waals surface area contributed by atoms with Gasteiger partial charge in [0.25, 0.3) is 5.56 Å². The first-order valence-electron chi connectivity index (χ1n) is 9.52. The van der Waals surface area contributed by atoms with Crippen molar-refractivity contribution in [1.82, 2.24) is 14.8 Å². The molecule has 3 aromatic rings. The van der Waals surface area contributed by atoms with Crippen LogP contribution in [0.3, 0.4) is 0 Å². The highest BCUT2D eigenvalue weighted by Gasteiger charge is 2.32. The van der Waals surface area contributed by atoms with Gasteiger partial charge in [-0.05, 0) is 43.4 Å². The summed E-state index contributed by atoms with van der Waals surface area (Å²) >= 11 is 0. The molecule has 27 heavy (non-hydrogen) atoms. The summed E-state index contributed by atoms with van der Waals surface area (Å²) in [5.41, 5.74) is 3.33. The fourth-order valence-electron chi connectivity index (χ4n) is 4.03. The number of fused-ring (bicyclic) bond motifs is 2. The zero-order chi connectivity index (χ0) is 19.1. The fourth-order valence-corrected chi connectivity index (χ4v) is 4.03. The molecule has 6 nitrogen and oxygen atoms in total. The molecular formula is C21H24N4O2. The first-order valence-corrected chi connectivity index (χ1v) is 9.52. The van der Waals surface area contributed by atoms with Crippen molar-refractivity contribution in [2.45, 2.75) is 52.0 Å². The summed E-state index contributed by atoms with van der Waals surface area (Å²) in [7, 11) is 0. The molecule has 1 aliphatic heterocycles. The first kappa shape index (κ1) is 17.5. The number of rotatable bonds is 4. The third-order valence-corrected chi connectivity index (χ3v) is 5.54. The summed E-state index contributed by atoms with van der Waals surface area (Å²) in [5, 5.41) is 8.49. The molecule has 140 valence electrons. The van der Waals surface area contributed by atoms with Crippen molar-refractivity contribution in [3.63, 3.8) is 0 Å². The van der Waals surface area contributed by atoms with Gasteiger partial charge in [-0.3, -0.25) is 9.59 Å². The third-order valence-electron chi connectivity index (χ3n) is 5.54. The highest BCUT2D eigenvalue weighted by molar-refractivity contribution is 5.94. The van der Waals surface area contributed by atoms with Gasteiger partial charge in [0, 0.05) is 29.0 Å². The van der Waals surface area contributed by atoms with Crippen molar-refractivity contribution < 1.29 is 4.79 Å². The summed E-state index contributed by atoms with van der Waals surface area (Å²) < 4.78 is 1.90. The molecule has 1 aromatic carbocycles. The minimum absolute atomic E-state index is 0.0797. The Hall–Kier alpha value is -2.89. The van der Waals surface area contributed by atoms with Crippen LogP contribution < -0.4 is 10.9 Å². The lowest BCUT2D eigenvalue weighted by Gasteiger charge is -2.25. The molecule has 2 aromatic heterocycles. The minimum Gasteiger partial charge on any atom is -0.322 e. The fraction of sp³-hybridized carbons (Fsp3) is 0.381. The highest BCUT2D eigenvalue weighted by atomic mass is 16.2. The SMILES string of the molecule is CCC(CC)n1ncc2c1NC(=O)CC2c1cc2cc(C)ccc2[nH]c1=O. The second-order valence-corrected chi connectivity index (χ2v) is 7.31. The molecule has 1 unspecified atom stereocenters. The molecule has 1 atom stereocenters. The van der Waals surface area contributed by atoms with Gasteiger partial charge in [-0.25, -0.2) is 4.68 Å². The van der Waals surface area contributed by atoms with Crippen LogP contribution in [0.1, 0.15) is 61.8 Å². The number of aryl methyl sites for hydroxylation is 1. The summed E-state index contributed by atoms with van der Waals surface area (Å²) in [6, 6.07) is 8.09. The van der Waals surface area contributed by atoms with E-state index in [1.54, 1.807) is 6.20 Å². The molecule has 0 radical (unpaired) electrons. The monoisotopic (exact) mass is 364 g/mol. The van der Waals surface area contributed by atoms with Crippen molar-refractivity contribution in [2.24, 2.45) is 0 Å². The molecule has 0 saturated heterocycles. The van der Waals surface area contributed by atoms with Crippen molar-refractivity contribution in [3.05, 3.63) is 57.5 Å². The van der Waals surface area contributed by atoms with Crippen LogP contribution in [0.4, 0.5) is 5.82 Å². The molecule has 0 saturated carbocycles. The van der Waals surface area contributed by atoms with Gasteiger partial charge >= 0.3 is 0 Å². The Labute approximate surface area is 157 Å². The predicted octanol–water partition coefficient (Wildman–Crippen LogP) is 3.87. The van der Waals surface area contributed by atoms with E-state index in [1.165, 1.54) is 0 Å². The van der Waals surface area contributed by atoms with E-state index in [-0.39, 0.29) is 29.8 Å². The summed E-state index contributed by atoms with van der Waals surface area (Å²) in [6.07, 6.45) is 3.92. The second-order valence-electron chi connectivity index (χ2n) is 7.31. The average Bonchev–Trinajstić information content (AvgIpc) is 3.06. The van der Waals surface area contributed by atoms with Crippen LogP contribution in [0.25, 0.3) is 10.9 Å². The Kier molecular flexibility index (Phi) is 4.34. The molecular weight excluding hydrogens is 340 g/mol. The van der Waals surface area contributed by atoms with Crippen molar-refractivity contribution in [3.8, 4) is 0 Å². The number of carbonyl (C=O) groups is 1. The number of H-pyrrole nitrogens is 1.